The van der Waals surface area contributed by atoms with Gasteiger partial charge in [-0.3, -0.25) is 4.79 Å². The molecule has 0 unspecified atom stereocenters. The van der Waals surface area contributed by atoms with Crippen molar-refractivity contribution in [2.24, 2.45) is 0 Å². The Bertz CT molecular complexity index is 754. The van der Waals surface area contributed by atoms with Gasteiger partial charge in [-0.15, -0.1) is 0 Å². The van der Waals surface area contributed by atoms with Crippen LogP contribution in [-0.2, 0) is 15.1 Å². The molecule has 0 saturated carbocycles. The van der Waals surface area contributed by atoms with Gasteiger partial charge in [0.05, 0.1) is 0 Å². The van der Waals surface area contributed by atoms with Gasteiger partial charge >= 0.3 is 5.97 Å². The minimum atomic E-state index is -1.28. The van der Waals surface area contributed by atoms with E-state index in [1.807, 2.05) is 66.7 Å². The molecule has 0 spiro atoms. The molecule has 0 fully saturated rings. The highest BCUT2D eigenvalue weighted by atomic mass is 16.6. The first-order chi connectivity index (χ1) is 12.6. The lowest BCUT2D eigenvalue weighted by Gasteiger charge is -2.30. The molecule has 2 aromatic rings. The van der Waals surface area contributed by atoms with E-state index in [1.165, 1.54) is 0 Å². The van der Waals surface area contributed by atoms with Gasteiger partial charge in [-0.05, 0) is 35.6 Å². The van der Waals surface area contributed by atoms with Gasteiger partial charge in [-0.25, -0.2) is 0 Å². The van der Waals surface area contributed by atoms with E-state index < -0.39 is 11.7 Å². The van der Waals surface area contributed by atoms with Crippen molar-refractivity contribution in [2.45, 2.75) is 37.4 Å². The highest BCUT2D eigenvalue weighted by Gasteiger charge is 2.45. The van der Waals surface area contributed by atoms with Crippen molar-refractivity contribution in [2.75, 3.05) is 6.61 Å². The molecule has 26 heavy (non-hydrogen) atoms. The molecule has 0 aromatic heterocycles. The minimum absolute atomic E-state index is 0.0583. The molecule has 0 radical (unpaired) electrons. The zero-order valence-corrected chi connectivity index (χ0v) is 14.7. The Labute approximate surface area is 153 Å². The third-order valence-corrected chi connectivity index (χ3v) is 4.75. The molecule has 4 nitrogen and oxygen atoms in total. The lowest BCUT2D eigenvalue weighted by Crippen LogP contribution is -2.38. The second kappa shape index (κ2) is 8.30. The molecule has 0 bridgehead atoms. The molecular formula is C22H24O4. The van der Waals surface area contributed by atoms with Crippen LogP contribution in [0.2, 0.25) is 0 Å². The number of hydrogen-bond acceptors (Lipinski definition) is 4. The van der Waals surface area contributed by atoms with Crippen LogP contribution < -0.4 is 0 Å². The smallest absolute Gasteiger partial charge is 0.306 e. The van der Waals surface area contributed by atoms with Crippen LogP contribution in [0.5, 0.6) is 0 Å². The van der Waals surface area contributed by atoms with Gasteiger partial charge in [-0.1, -0.05) is 60.7 Å². The SMILES string of the molecule is O=C(CCCCO)O[C@@H]1C=C(c2ccccc2)C[C@@]1(O)c1ccccc1. The van der Waals surface area contributed by atoms with E-state index in [-0.39, 0.29) is 19.0 Å². The molecule has 0 heterocycles. The van der Waals surface area contributed by atoms with Crippen LogP contribution in [0.25, 0.3) is 5.57 Å². The average molecular weight is 352 g/mol. The molecule has 1 aliphatic rings. The third kappa shape index (κ3) is 4.03. The van der Waals surface area contributed by atoms with Crippen LogP contribution in [0.1, 0.15) is 36.8 Å². The summed E-state index contributed by atoms with van der Waals surface area (Å²) in [6.45, 7) is 0.0583. The molecule has 3 rings (SSSR count). The molecule has 1 aliphatic carbocycles. The van der Waals surface area contributed by atoms with Crippen LogP contribution >= 0.6 is 0 Å². The normalized spacial score (nSPS) is 22.1. The van der Waals surface area contributed by atoms with Gasteiger partial charge in [0.1, 0.15) is 5.60 Å². The summed E-state index contributed by atoms with van der Waals surface area (Å²) in [5.41, 5.74) is 1.43. The van der Waals surface area contributed by atoms with Crippen molar-refractivity contribution >= 4 is 11.5 Å². The molecule has 2 N–H and O–H groups in total. The topological polar surface area (TPSA) is 66.8 Å². The Morgan fingerprint density at radius 2 is 1.69 bits per heavy atom. The zero-order chi connectivity index (χ0) is 18.4. The summed E-state index contributed by atoms with van der Waals surface area (Å²) in [5, 5.41) is 20.3. The van der Waals surface area contributed by atoms with Gasteiger partial charge in [0, 0.05) is 19.4 Å². The minimum Gasteiger partial charge on any atom is -0.455 e. The average Bonchev–Trinajstić information content (AvgIpc) is 3.01. The first kappa shape index (κ1) is 18.4. The number of rotatable bonds is 7. The summed E-state index contributed by atoms with van der Waals surface area (Å²) in [7, 11) is 0. The van der Waals surface area contributed by atoms with E-state index in [0.29, 0.717) is 19.3 Å². The first-order valence-corrected chi connectivity index (χ1v) is 8.98. The molecule has 0 saturated heterocycles. The summed E-state index contributed by atoms with van der Waals surface area (Å²) in [5.74, 6) is -0.358. The molecule has 2 aromatic carbocycles. The monoisotopic (exact) mass is 352 g/mol. The van der Waals surface area contributed by atoms with Crippen molar-refractivity contribution in [1.29, 1.82) is 0 Å². The van der Waals surface area contributed by atoms with E-state index >= 15 is 0 Å². The van der Waals surface area contributed by atoms with Gasteiger partial charge in [-0.2, -0.15) is 0 Å². The molecule has 0 aliphatic heterocycles. The largest absolute Gasteiger partial charge is 0.455 e. The second-order valence-electron chi connectivity index (χ2n) is 6.62. The van der Waals surface area contributed by atoms with Crippen molar-refractivity contribution in [3.8, 4) is 0 Å². The Morgan fingerprint density at radius 3 is 2.35 bits per heavy atom. The highest BCUT2D eigenvalue weighted by Crippen LogP contribution is 2.43. The quantitative estimate of drug-likeness (QED) is 0.592. The second-order valence-corrected chi connectivity index (χ2v) is 6.62. The Balaban J connectivity index is 1.85. The number of benzene rings is 2. The highest BCUT2D eigenvalue weighted by molar-refractivity contribution is 5.74. The van der Waals surface area contributed by atoms with Crippen molar-refractivity contribution in [3.05, 3.63) is 77.9 Å². The third-order valence-electron chi connectivity index (χ3n) is 4.75. The number of carbonyl (C=O) groups excluding carboxylic acids is 1. The Kier molecular flexibility index (Phi) is 5.86. The summed E-state index contributed by atoms with van der Waals surface area (Å²) >= 11 is 0. The number of ether oxygens (including phenoxy) is 1. The van der Waals surface area contributed by atoms with Gasteiger partial charge < -0.3 is 14.9 Å². The van der Waals surface area contributed by atoms with Crippen LogP contribution in [0, 0.1) is 0 Å². The van der Waals surface area contributed by atoms with E-state index in [4.69, 9.17) is 9.84 Å². The molecule has 0 amide bonds. The zero-order valence-electron chi connectivity index (χ0n) is 14.7. The fourth-order valence-electron chi connectivity index (χ4n) is 3.33. The summed E-state index contributed by atoms with van der Waals surface area (Å²) in [4.78, 5) is 12.2. The number of unbranched alkanes of at least 4 members (excludes halogenated alkanes) is 1. The van der Waals surface area contributed by atoms with Crippen LogP contribution in [-0.4, -0.2) is 28.9 Å². The van der Waals surface area contributed by atoms with Crippen molar-refractivity contribution in [3.63, 3.8) is 0 Å². The summed E-state index contributed by atoms with van der Waals surface area (Å²) in [6, 6.07) is 19.2. The number of aliphatic hydroxyl groups is 2. The lowest BCUT2D eigenvalue weighted by atomic mass is 9.87. The van der Waals surface area contributed by atoms with E-state index in [0.717, 1.165) is 16.7 Å². The van der Waals surface area contributed by atoms with Crippen LogP contribution in [0.4, 0.5) is 0 Å². The van der Waals surface area contributed by atoms with Gasteiger partial charge in [0.15, 0.2) is 6.10 Å². The molecule has 4 heteroatoms. The lowest BCUT2D eigenvalue weighted by molar-refractivity contribution is -0.159. The number of carbonyl (C=O) groups is 1. The van der Waals surface area contributed by atoms with Gasteiger partial charge in [0.2, 0.25) is 0 Å². The van der Waals surface area contributed by atoms with Crippen molar-refractivity contribution in [1.82, 2.24) is 0 Å². The fraction of sp³-hybridized carbons (Fsp3) is 0.318. The van der Waals surface area contributed by atoms with Crippen LogP contribution in [0.3, 0.4) is 0 Å². The Morgan fingerprint density at radius 1 is 1.04 bits per heavy atom. The summed E-state index contributed by atoms with van der Waals surface area (Å²) in [6.07, 6.45) is 2.87. The molecule has 136 valence electrons. The van der Waals surface area contributed by atoms with Crippen molar-refractivity contribution < 1.29 is 19.7 Å². The first-order valence-electron chi connectivity index (χ1n) is 8.98. The van der Waals surface area contributed by atoms with E-state index in [2.05, 4.69) is 0 Å². The maximum atomic E-state index is 12.2. The van der Waals surface area contributed by atoms with E-state index in [1.54, 1.807) is 0 Å². The van der Waals surface area contributed by atoms with Crippen LogP contribution in [0.15, 0.2) is 66.7 Å². The number of esters is 1. The molecular weight excluding hydrogens is 328 g/mol. The predicted molar refractivity (Wildman–Crippen MR) is 100 cm³/mol. The number of hydrogen-bond donors (Lipinski definition) is 2. The summed E-state index contributed by atoms with van der Waals surface area (Å²) < 4.78 is 5.63. The maximum Gasteiger partial charge on any atom is 0.306 e. The molecule has 2 atom stereocenters. The number of aliphatic hydroxyl groups excluding tert-OH is 1. The fourth-order valence-corrected chi connectivity index (χ4v) is 3.33. The Hall–Kier alpha value is -2.43. The van der Waals surface area contributed by atoms with Gasteiger partial charge in [0.25, 0.3) is 0 Å². The predicted octanol–water partition coefficient (Wildman–Crippen LogP) is 3.44. The standard InChI is InChI=1S/C22H24O4/c23-14-8-7-13-21(24)26-20-15-18(17-9-3-1-4-10-17)16-22(20,25)19-11-5-2-6-12-19/h1-6,9-12,15,20,23,25H,7-8,13-14,16H2/t20-,22-/m1/s1. The maximum absolute atomic E-state index is 12.2. The van der Waals surface area contributed by atoms with E-state index in [9.17, 15) is 9.90 Å².